The molecule has 25 heavy (non-hydrogen) atoms. The number of hydrogen-bond donors (Lipinski definition) is 2. The Hall–Kier alpha value is -3.41. The van der Waals surface area contributed by atoms with E-state index in [1.54, 1.807) is 12.1 Å². The van der Waals surface area contributed by atoms with E-state index in [4.69, 9.17) is 5.11 Å². The van der Waals surface area contributed by atoms with Crippen molar-refractivity contribution in [3.8, 4) is 0 Å². The predicted molar refractivity (Wildman–Crippen MR) is 92.5 cm³/mol. The number of imide groups is 1. The molecule has 2 heterocycles. The van der Waals surface area contributed by atoms with Gasteiger partial charge in [0.1, 0.15) is 6.54 Å². The molecule has 1 aliphatic rings. The smallest absolute Gasteiger partial charge is 0.323 e. The number of carboxylic acid groups (broad SMARTS) is 1. The Balaban J connectivity index is 0.000000157. The first kappa shape index (κ1) is 16.4. The molecule has 0 saturated carbocycles. The zero-order valence-electron chi connectivity index (χ0n) is 13.5. The molecular formula is C19H16N2O4. The molecule has 0 bridgehead atoms. The molecule has 0 unspecified atom stereocenters. The molecule has 0 atom stereocenters. The lowest BCUT2D eigenvalue weighted by molar-refractivity contribution is -0.137. The average Bonchev–Trinajstić information content (AvgIpc) is 3.10. The summed E-state index contributed by atoms with van der Waals surface area (Å²) < 4.78 is 0. The van der Waals surface area contributed by atoms with E-state index in [1.165, 1.54) is 28.6 Å². The summed E-state index contributed by atoms with van der Waals surface area (Å²) in [6.45, 7) is 1.52. The van der Waals surface area contributed by atoms with Gasteiger partial charge in [0.2, 0.25) is 0 Å². The van der Waals surface area contributed by atoms with Crippen LogP contribution in [0.25, 0.3) is 10.9 Å². The SMILES string of the molecule is Cc1c[nH]c2ccccc12.O=C(O)CN1C(=O)c2ccccc2C1=O. The van der Waals surface area contributed by atoms with Crippen molar-refractivity contribution in [1.29, 1.82) is 0 Å². The number of amides is 2. The number of aromatic amines is 1. The van der Waals surface area contributed by atoms with Gasteiger partial charge in [0.15, 0.2) is 0 Å². The summed E-state index contributed by atoms with van der Waals surface area (Å²) in [4.78, 5) is 37.5. The molecule has 2 amide bonds. The molecule has 2 aromatic carbocycles. The van der Waals surface area contributed by atoms with Gasteiger partial charge in [0.25, 0.3) is 11.8 Å². The summed E-state index contributed by atoms with van der Waals surface area (Å²) >= 11 is 0. The van der Waals surface area contributed by atoms with Crippen LogP contribution in [0.2, 0.25) is 0 Å². The van der Waals surface area contributed by atoms with Gasteiger partial charge in [-0.25, -0.2) is 0 Å². The van der Waals surface area contributed by atoms with E-state index < -0.39 is 24.3 Å². The third-order valence-corrected chi connectivity index (χ3v) is 3.97. The highest BCUT2D eigenvalue weighted by atomic mass is 16.4. The number of carboxylic acids is 1. The maximum absolute atomic E-state index is 11.6. The topological polar surface area (TPSA) is 90.5 Å². The number of aliphatic carboxylic acids is 1. The number of aromatic nitrogens is 1. The van der Waals surface area contributed by atoms with Gasteiger partial charge in [-0.1, -0.05) is 30.3 Å². The number of benzene rings is 2. The second-order valence-corrected chi connectivity index (χ2v) is 5.65. The van der Waals surface area contributed by atoms with Gasteiger partial charge in [-0.2, -0.15) is 0 Å². The van der Waals surface area contributed by atoms with Crippen molar-refractivity contribution in [2.45, 2.75) is 6.92 Å². The number of para-hydroxylation sites is 1. The van der Waals surface area contributed by atoms with Crippen LogP contribution >= 0.6 is 0 Å². The Labute approximate surface area is 143 Å². The number of carbonyl (C=O) groups excluding carboxylic acids is 2. The normalized spacial score (nSPS) is 12.8. The highest BCUT2D eigenvalue weighted by Crippen LogP contribution is 2.21. The fourth-order valence-corrected chi connectivity index (χ4v) is 2.73. The Morgan fingerprint density at radius 1 is 1.00 bits per heavy atom. The summed E-state index contributed by atoms with van der Waals surface area (Å²) in [6, 6.07) is 14.6. The van der Waals surface area contributed by atoms with Crippen molar-refractivity contribution in [3.05, 3.63) is 71.4 Å². The van der Waals surface area contributed by atoms with Crippen molar-refractivity contribution in [1.82, 2.24) is 9.88 Å². The molecule has 1 aromatic heterocycles. The molecule has 0 aliphatic carbocycles. The largest absolute Gasteiger partial charge is 0.480 e. The van der Waals surface area contributed by atoms with E-state index in [9.17, 15) is 14.4 Å². The fraction of sp³-hybridized carbons (Fsp3) is 0.105. The monoisotopic (exact) mass is 336 g/mol. The van der Waals surface area contributed by atoms with E-state index in [-0.39, 0.29) is 11.1 Å². The van der Waals surface area contributed by atoms with Gasteiger partial charge >= 0.3 is 5.97 Å². The molecule has 0 radical (unpaired) electrons. The first-order valence-electron chi connectivity index (χ1n) is 7.69. The lowest BCUT2D eigenvalue weighted by Gasteiger charge is -2.09. The number of rotatable bonds is 2. The fourth-order valence-electron chi connectivity index (χ4n) is 2.73. The van der Waals surface area contributed by atoms with E-state index in [0.717, 1.165) is 4.90 Å². The van der Waals surface area contributed by atoms with Gasteiger partial charge in [0.05, 0.1) is 11.1 Å². The highest BCUT2D eigenvalue weighted by Gasteiger charge is 2.36. The molecule has 0 fully saturated rings. The predicted octanol–water partition coefficient (Wildman–Crippen LogP) is 2.84. The number of fused-ring (bicyclic) bond motifs is 2. The van der Waals surface area contributed by atoms with Crippen LogP contribution < -0.4 is 0 Å². The molecule has 0 spiro atoms. The Kier molecular flexibility index (Phi) is 4.35. The highest BCUT2D eigenvalue weighted by molar-refractivity contribution is 6.22. The van der Waals surface area contributed by atoms with Gasteiger partial charge in [0, 0.05) is 17.1 Å². The minimum atomic E-state index is -1.20. The zero-order chi connectivity index (χ0) is 18.0. The number of H-pyrrole nitrogens is 1. The van der Waals surface area contributed by atoms with Crippen LogP contribution in [-0.4, -0.2) is 39.3 Å². The molecule has 6 heteroatoms. The van der Waals surface area contributed by atoms with Crippen molar-refractivity contribution >= 4 is 28.7 Å². The number of nitrogens with zero attached hydrogens (tertiary/aromatic N) is 1. The summed E-state index contributed by atoms with van der Waals surface area (Å²) in [5.74, 6) is -2.29. The number of aryl methyl sites for hydroxylation is 1. The van der Waals surface area contributed by atoms with E-state index >= 15 is 0 Å². The number of nitrogens with one attached hydrogen (secondary N) is 1. The second kappa shape index (κ2) is 6.60. The number of carbonyl (C=O) groups is 3. The number of hydrogen-bond acceptors (Lipinski definition) is 3. The third-order valence-electron chi connectivity index (χ3n) is 3.97. The Morgan fingerprint density at radius 2 is 1.56 bits per heavy atom. The minimum Gasteiger partial charge on any atom is -0.480 e. The summed E-state index contributed by atoms with van der Waals surface area (Å²) in [5.41, 5.74) is 3.07. The summed E-state index contributed by atoms with van der Waals surface area (Å²) in [5, 5.41) is 9.86. The van der Waals surface area contributed by atoms with E-state index in [2.05, 4.69) is 30.1 Å². The van der Waals surface area contributed by atoms with Crippen molar-refractivity contribution < 1.29 is 19.5 Å². The minimum absolute atomic E-state index is 0.267. The molecule has 6 nitrogen and oxygen atoms in total. The summed E-state index contributed by atoms with van der Waals surface area (Å²) in [7, 11) is 0. The lowest BCUT2D eigenvalue weighted by atomic mass is 10.1. The van der Waals surface area contributed by atoms with Gasteiger partial charge in [-0.3, -0.25) is 19.3 Å². The lowest BCUT2D eigenvalue weighted by Crippen LogP contribution is -2.34. The maximum atomic E-state index is 11.6. The Bertz CT molecular complexity index is 939. The van der Waals surface area contributed by atoms with Crippen LogP contribution in [0, 0.1) is 6.92 Å². The first-order chi connectivity index (χ1) is 12.0. The van der Waals surface area contributed by atoms with Crippen LogP contribution in [0.1, 0.15) is 26.3 Å². The molecule has 1 aliphatic heterocycles. The molecule has 126 valence electrons. The van der Waals surface area contributed by atoms with Crippen molar-refractivity contribution in [3.63, 3.8) is 0 Å². The molecule has 2 N–H and O–H groups in total. The van der Waals surface area contributed by atoms with Crippen molar-refractivity contribution in [2.75, 3.05) is 6.54 Å². The third kappa shape index (κ3) is 3.14. The first-order valence-corrected chi connectivity index (χ1v) is 7.69. The molecule has 0 saturated heterocycles. The van der Waals surface area contributed by atoms with Gasteiger partial charge < -0.3 is 10.1 Å². The van der Waals surface area contributed by atoms with Crippen LogP contribution in [0.5, 0.6) is 0 Å². The van der Waals surface area contributed by atoms with E-state index in [1.807, 2.05) is 12.3 Å². The standard InChI is InChI=1S/C10H7NO4.C9H9N/c12-8(13)5-11-9(14)6-3-1-2-4-7(6)10(11)15;1-7-6-10-9-5-3-2-4-8(7)9/h1-4H,5H2,(H,12,13);2-6,10H,1H3. The Morgan fingerprint density at radius 3 is 2.12 bits per heavy atom. The van der Waals surface area contributed by atoms with E-state index in [0.29, 0.717) is 0 Å². The van der Waals surface area contributed by atoms with Gasteiger partial charge in [-0.15, -0.1) is 0 Å². The molecular weight excluding hydrogens is 320 g/mol. The average molecular weight is 336 g/mol. The zero-order valence-corrected chi connectivity index (χ0v) is 13.5. The molecule has 4 rings (SSSR count). The van der Waals surface area contributed by atoms with Crippen LogP contribution in [-0.2, 0) is 4.79 Å². The van der Waals surface area contributed by atoms with Crippen molar-refractivity contribution in [2.24, 2.45) is 0 Å². The second-order valence-electron chi connectivity index (χ2n) is 5.65. The van der Waals surface area contributed by atoms with Crippen LogP contribution in [0.4, 0.5) is 0 Å². The van der Waals surface area contributed by atoms with Crippen LogP contribution in [0.15, 0.2) is 54.7 Å². The summed E-state index contributed by atoms with van der Waals surface area (Å²) in [6.07, 6.45) is 2.03. The maximum Gasteiger partial charge on any atom is 0.323 e. The quantitative estimate of drug-likeness (QED) is 0.704. The van der Waals surface area contributed by atoms with Gasteiger partial charge in [-0.05, 0) is 30.7 Å². The molecule has 3 aromatic rings. The van der Waals surface area contributed by atoms with Crippen LogP contribution in [0.3, 0.4) is 0 Å².